The summed E-state index contributed by atoms with van der Waals surface area (Å²) in [4.78, 5) is 0. The van der Waals surface area contributed by atoms with Crippen LogP contribution in [0.3, 0.4) is 0 Å². The number of rotatable bonds is 6. The lowest BCUT2D eigenvalue weighted by Crippen LogP contribution is -2.24. The van der Waals surface area contributed by atoms with Crippen molar-refractivity contribution in [2.24, 2.45) is 11.8 Å². The third-order valence-corrected chi connectivity index (χ3v) is 3.08. The zero-order valence-corrected chi connectivity index (χ0v) is 9.10. The Morgan fingerprint density at radius 1 is 1.54 bits per heavy atom. The fourth-order valence-corrected chi connectivity index (χ4v) is 1.76. The standard InChI is InChI=1S/C11H24N2/c1-3-10(2)8-12-6-4-11-5-7-13-9-11/h10-13H,3-9H2,1-2H3. The first-order valence-corrected chi connectivity index (χ1v) is 5.74. The van der Waals surface area contributed by atoms with Gasteiger partial charge in [0.1, 0.15) is 0 Å². The fourth-order valence-electron chi connectivity index (χ4n) is 1.76. The number of hydrogen-bond acceptors (Lipinski definition) is 2. The van der Waals surface area contributed by atoms with Gasteiger partial charge in [0, 0.05) is 0 Å². The molecule has 2 unspecified atom stereocenters. The van der Waals surface area contributed by atoms with Gasteiger partial charge in [-0.3, -0.25) is 0 Å². The molecule has 13 heavy (non-hydrogen) atoms. The van der Waals surface area contributed by atoms with Crippen LogP contribution in [0.5, 0.6) is 0 Å². The Hall–Kier alpha value is -0.0800. The maximum Gasteiger partial charge on any atom is -0.00196 e. The molecule has 1 aliphatic rings. The van der Waals surface area contributed by atoms with Crippen molar-refractivity contribution in [1.82, 2.24) is 10.6 Å². The van der Waals surface area contributed by atoms with Crippen molar-refractivity contribution in [2.45, 2.75) is 33.1 Å². The molecule has 0 aromatic heterocycles. The molecule has 0 aromatic rings. The van der Waals surface area contributed by atoms with Gasteiger partial charge in [0.2, 0.25) is 0 Å². The van der Waals surface area contributed by atoms with Crippen molar-refractivity contribution in [1.29, 1.82) is 0 Å². The van der Waals surface area contributed by atoms with Gasteiger partial charge in [0.25, 0.3) is 0 Å². The Kier molecular flexibility index (Phi) is 5.40. The van der Waals surface area contributed by atoms with Gasteiger partial charge in [-0.2, -0.15) is 0 Å². The lowest BCUT2D eigenvalue weighted by molar-refractivity contribution is 0.456. The van der Waals surface area contributed by atoms with Crippen molar-refractivity contribution in [3.63, 3.8) is 0 Å². The molecule has 2 N–H and O–H groups in total. The van der Waals surface area contributed by atoms with E-state index in [4.69, 9.17) is 0 Å². The molecule has 78 valence electrons. The summed E-state index contributed by atoms with van der Waals surface area (Å²) in [6, 6.07) is 0. The molecule has 0 aromatic carbocycles. The molecule has 0 radical (unpaired) electrons. The Morgan fingerprint density at radius 3 is 3.00 bits per heavy atom. The predicted molar refractivity (Wildman–Crippen MR) is 57.9 cm³/mol. The van der Waals surface area contributed by atoms with E-state index in [1.807, 2.05) is 0 Å². The highest BCUT2D eigenvalue weighted by molar-refractivity contribution is 4.71. The first-order chi connectivity index (χ1) is 6.33. The van der Waals surface area contributed by atoms with Gasteiger partial charge in [-0.25, -0.2) is 0 Å². The molecule has 2 nitrogen and oxygen atoms in total. The minimum atomic E-state index is 0.835. The van der Waals surface area contributed by atoms with Crippen LogP contribution in [0.2, 0.25) is 0 Å². The van der Waals surface area contributed by atoms with E-state index in [1.54, 1.807) is 0 Å². The van der Waals surface area contributed by atoms with Crippen LogP contribution < -0.4 is 10.6 Å². The van der Waals surface area contributed by atoms with Gasteiger partial charge in [0.05, 0.1) is 0 Å². The molecule has 0 aliphatic carbocycles. The van der Waals surface area contributed by atoms with Crippen molar-refractivity contribution < 1.29 is 0 Å². The molecule has 0 saturated carbocycles. The minimum absolute atomic E-state index is 0.835. The Morgan fingerprint density at radius 2 is 2.38 bits per heavy atom. The fraction of sp³-hybridized carbons (Fsp3) is 1.00. The van der Waals surface area contributed by atoms with E-state index >= 15 is 0 Å². The lowest BCUT2D eigenvalue weighted by Gasteiger charge is -2.12. The lowest BCUT2D eigenvalue weighted by atomic mass is 10.0. The highest BCUT2D eigenvalue weighted by Gasteiger charge is 2.13. The van der Waals surface area contributed by atoms with Gasteiger partial charge >= 0.3 is 0 Å². The Balaban J connectivity index is 1.88. The molecule has 2 heteroatoms. The largest absolute Gasteiger partial charge is 0.316 e. The summed E-state index contributed by atoms with van der Waals surface area (Å²) in [6.07, 6.45) is 4.02. The molecule has 0 spiro atoms. The van der Waals surface area contributed by atoms with Crippen LogP contribution >= 0.6 is 0 Å². The summed E-state index contributed by atoms with van der Waals surface area (Å²) in [7, 11) is 0. The van der Waals surface area contributed by atoms with Crippen LogP contribution in [0.1, 0.15) is 33.1 Å². The number of hydrogen-bond donors (Lipinski definition) is 2. The van der Waals surface area contributed by atoms with Crippen molar-refractivity contribution in [2.75, 3.05) is 26.2 Å². The van der Waals surface area contributed by atoms with E-state index in [-0.39, 0.29) is 0 Å². The first-order valence-electron chi connectivity index (χ1n) is 5.74. The average molecular weight is 184 g/mol. The van der Waals surface area contributed by atoms with Crippen molar-refractivity contribution in [3.05, 3.63) is 0 Å². The molecular formula is C11H24N2. The summed E-state index contributed by atoms with van der Waals surface area (Å²) >= 11 is 0. The van der Waals surface area contributed by atoms with E-state index in [1.165, 1.54) is 45.4 Å². The summed E-state index contributed by atoms with van der Waals surface area (Å²) in [6.45, 7) is 9.44. The average Bonchev–Trinajstić information content (AvgIpc) is 2.64. The molecule has 1 saturated heterocycles. The monoisotopic (exact) mass is 184 g/mol. The molecule has 0 bridgehead atoms. The smallest absolute Gasteiger partial charge is 0.00196 e. The first kappa shape index (κ1) is 11.0. The van der Waals surface area contributed by atoms with Crippen LogP contribution in [-0.2, 0) is 0 Å². The van der Waals surface area contributed by atoms with E-state index in [9.17, 15) is 0 Å². The van der Waals surface area contributed by atoms with Gasteiger partial charge in [-0.05, 0) is 50.9 Å². The van der Waals surface area contributed by atoms with E-state index in [2.05, 4.69) is 24.5 Å². The second-order valence-electron chi connectivity index (χ2n) is 4.37. The highest BCUT2D eigenvalue weighted by atomic mass is 14.9. The SMILES string of the molecule is CCC(C)CNCCC1CCNC1. The Labute approximate surface area is 82.5 Å². The third kappa shape index (κ3) is 4.63. The molecule has 1 aliphatic heterocycles. The quantitative estimate of drug-likeness (QED) is 0.613. The van der Waals surface area contributed by atoms with Crippen LogP contribution in [0.4, 0.5) is 0 Å². The third-order valence-electron chi connectivity index (χ3n) is 3.08. The van der Waals surface area contributed by atoms with Gasteiger partial charge < -0.3 is 10.6 Å². The van der Waals surface area contributed by atoms with Crippen molar-refractivity contribution in [3.8, 4) is 0 Å². The molecular weight excluding hydrogens is 160 g/mol. The van der Waals surface area contributed by atoms with Crippen LogP contribution in [0.15, 0.2) is 0 Å². The Bertz CT molecular complexity index is 119. The predicted octanol–water partition coefficient (Wildman–Crippen LogP) is 1.62. The molecule has 1 fully saturated rings. The zero-order chi connectivity index (χ0) is 9.52. The van der Waals surface area contributed by atoms with Gasteiger partial charge in [-0.1, -0.05) is 20.3 Å². The maximum atomic E-state index is 3.54. The van der Waals surface area contributed by atoms with E-state index in [0.717, 1.165) is 11.8 Å². The normalized spacial score (nSPS) is 24.9. The topological polar surface area (TPSA) is 24.1 Å². The molecule has 1 rings (SSSR count). The van der Waals surface area contributed by atoms with Crippen LogP contribution in [-0.4, -0.2) is 26.2 Å². The second kappa shape index (κ2) is 6.39. The summed E-state index contributed by atoms with van der Waals surface area (Å²) < 4.78 is 0. The summed E-state index contributed by atoms with van der Waals surface area (Å²) in [5.41, 5.74) is 0. The maximum absolute atomic E-state index is 3.54. The minimum Gasteiger partial charge on any atom is -0.316 e. The highest BCUT2D eigenvalue weighted by Crippen LogP contribution is 2.10. The number of nitrogens with one attached hydrogen (secondary N) is 2. The van der Waals surface area contributed by atoms with Crippen molar-refractivity contribution >= 4 is 0 Å². The van der Waals surface area contributed by atoms with E-state index in [0.29, 0.717) is 0 Å². The molecule has 0 amide bonds. The molecule has 1 heterocycles. The van der Waals surface area contributed by atoms with Crippen LogP contribution in [0.25, 0.3) is 0 Å². The second-order valence-corrected chi connectivity index (χ2v) is 4.37. The summed E-state index contributed by atoms with van der Waals surface area (Å²) in [5, 5.41) is 6.94. The van der Waals surface area contributed by atoms with Gasteiger partial charge in [0.15, 0.2) is 0 Å². The summed E-state index contributed by atoms with van der Waals surface area (Å²) in [5.74, 6) is 1.77. The molecule has 2 atom stereocenters. The van der Waals surface area contributed by atoms with Crippen LogP contribution in [0, 0.1) is 11.8 Å². The van der Waals surface area contributed by atoms with E-state index < -0.39 is 0 Å². The van der Waals surface area contributed by atoms with Gasteiger partial charge in [-0.15, -0.1) is 0 Å². The zero-order valence-electron chi connectivity index (χ0n) is 9.10.